The third-order valence-corrected chi connectivity index (χ3v) is 8.58. The number of hydrogen-bond donors (Lipinski definition) is 8. The Hall–Kier alpha value is -1.59. The highest BCUT2D eigenvalue weighted by Gasteiger charge is 2.51. The van der Waals surface area contributed by atoms with Gasteiger partial charge >= 0.3 is 0 Å². The summed E-state index contributed by atoms with van der Waals surface area (Å²) in [5.74, 6) is -0.0106. The molecule has 0 aromatic carbocycles. The van der Waals surface area contributed by atoms with Crippen LogP contribution < -0.4 is 0 Å². The van der Waals surface area contributed by atoms with Gasteiger partial charge in [-0.3, -0.25) is 4.79 Å². The summed E-state index contributed by atoms with van der Waals surface area (Å²) in [5, 5.41) is 82.3. The lowest BCUT2D eigenvalue weighted by Gasteiger charge is -2.46. The third-order valence-electron chi connectivity index (χ3n) is 8.58. The van der Waals surface area contributed by atoms with E-state index in [2.05, 4.69) is 0 Å². The first kappa shape index (κ1) is 35.9. The van der Waals surface area contributed by atoms with Crippen molar-refractivity contribution in [3.63, 3.8) is 0 Å². The molecular formula is C30H48O13. The monoisotopic (exact) mass is 616 g/mol. The number of ketones is 1. The van der Waals surface area contributed by atoms with Crippen LogP contribution in [0, 0.1) is 5.41 Å². The van der Waals surface area contributed by atoms with Crippen molar-refractivity contribution in [1.29, 1.82) is 0 Å². The Kier molecular flexibility index (Phi) is 12.2. The number of rotatable bonds is 11. The zero-order valence-corrected chi connectivity index (χ0v) is 25.3. The number of carbonyl (C=O) groups is 1. The Balaban J connectivity index is 1.56. The van der Waals surface area contributed by atoms with E-state index in [0.29, 0.717) is 18.4 Å². The molecule has 0 spiro atoms. The number of aliphatic hydroxyl groups is 8. The SMILES string of the molecule is CC1=CC(=O)CC(C)(C)[C@@]1(O)/C=C/C(C)=C\CC[C@@H](C)OC1OC(CO)C(OC2OC(CO)C(O)C(O)C2O)C(O)C1O. The van der Waals surface area contributed by atoms with Gasteiger partial charge in [0.25, 0.3) is 0 Å². The second-order valence-electron chi connectivity index (χ2n) is 12.4. The Morgan fingerprint density at radius 3 is 2.21 bits per heavy atom. The van der Waals surface area contributed by atoms with Crippen LogP contribution in [-0.2, 0) is 23.7 Å². The van der Waals surface area contributed by atoms with Crippen LogP contribution in [0.3, 0.4) is 0 Å². The fraction of sp³-hybridized carbons (Fsp3) is 0.767. The van der Waals surface area contributed by atoms with Crippen LogP contribution >= 0.6 is 0 Å². The molecule has 0 amide bonds. The molecule has 0 aromatic heterocycles. The number of allylic oxidation sites excluding steroid dienone is 4. The van der Waals surface area contributed by atoms with Crippen molar-refractivity contribution in [2.75, 3.05) is 13.2 Å². The second-order valence-corrected chi connectivity index (χ2v) is 12.4. The molecule has 13 heteroatoms. The van der Waals surface area contributed by atoms with Gasteiger partial charge in [-0.1, -0.05) is 31.6 Å². The zero-order valence-electron chi connectivity index (χ0n) is 25.3. The topological polar surface area (TPSA) is 216 Å². The highest BCUT2D eigenvalue weighted by molar-refractivity contribution is 5.92. The minimum Gasteiger partial charge on any atom is -0.394 e. The normalized spacial score (nSPS) is 41.4. The van der Waals surface area contributed by atoms with Crippen LogP contribution in [0.25, 0.3) is 0 Å². The van der Waals surface area contributed by atoms with Crippen molar-refractivity contribution in [2.45, 2.75) is 127 Å². The molecule has 0 saturated carbocycles. The van der Waals surface area contributed by atoms with Gasteiger partial charge in [0, 0.05) is 11.8 Å². The summed E-state index contributed by atoms with van der Waals surface area (Å²) in [4.78, 5) is 12.0. The van der Waals surface area contributed by atoms with Gasteiger partial charge in [-0.05, 0) is 51.3 Å². The molecule has 0 aromatic rings. The summed E-state index contributed by atoms with van der Waals surface area (Å²) in [5.41, 5.74) is -0.428. The van der Waals surface area contributed by atoms with E-state index in [1.165, 1.54) is 6.08 Å². The van der Waals surface area contributed by atoms with Gasteiger partial charge < -0.3 is 59.8 Å². The molecular weight excluding hydrogens is 568 g/mol. The van der Waals surface area contributed by atoms with Crippen LogP contribution in [0.15, 0.2) is 35.5 Å². The summed E-state index contributed by atoms with van der Waals surface area (Å²) in [6.45, 7) is 7.76. The standard InChI is InChI=1S/C30H48O13/c1-15(9-10-30(39)16(2)11-18(33)12-29(30,4)5)7-6-8-17(3)40-27-25(38)23(36)26(20(14-32)42-27)43-28-24(37)22(35)21(34)19(13-31)41-28/h7,9-11,17,19-28,31-32,34-39H,6,8,12-14H2,1-5H3/b10-9+,15-7-/t17-,19?,20?,21?,22?,23?,24?,25?,26?,27?,28?,30-/m1/s1. The minimum atomic E-state index is -1.75. The molecule has 0 bridgehead atoms. The lowest BCUT2D eigenvalue weighted by molar-refractivity contribution is -0.362. The van der Waals surface area contributed by atoms with Crippen molar-refractivity contribution < 1.29 is 64.6 Å². The van der Waals surface area contributed by atoms with E-state index in [1.54, 1.807) is 19.9 Å². The van der Waals surface area contributed by atoms with Crippen LogP contribution in [-0.4, -0.2) is 133 Å². The number of carbonyl (C=O) groups excluding carboxylic acids is 1. The molecule has 13 nitrogen and oxygen atoms in total. The molecule has 2 saturated heterocycles. The third kappa shape index (κ3) is 7.98. The van der Waals surface area contributed by atoms with Crippen molar-refractivity contribution in [3.8, 4) is 0 Å². The second kappa shape index (κ2) is 14.7. The Morgan fingerprint density at radius 1 is 1.00 bits per heavy atom. The van der Waals surface area contributed by atoms with E-state index in [4.69, 9.17) is 18.9 Å². The maximum Gasteiger partial charge on any atom is 0.187 e. The van der Waals surface area contributed by atoms with E-state index in [1.807, 2.05) is 32.9 Å². The average Bonchev–Trinajstić information content (AvgIpc) is 2.94. The van der Waals surface area contributed by atoms with Gasteiger partial charge in [-0.15, -0.1) is 0 Å². The Labute approximate surface area is 251 Å². The minimum absolute atomic E-state index is 0.0106. The largest absolute Gasteiger partial charge is 0.394 e. The quantitative estimate of drug-likeness (QED) is 0.131. The molecule has 10 unspecified atom stereocenters. The van der Waals surface area contributed by atoms with E-state index in [0.717, 1.165) is 5.57 Å². The van der Waals surface area contributed by atoms with Crippen molar-refractivity contribution in [1.82, 2.24) is 0 Å². The molecule has 2 fully saturated rings. The van der Waals surface area contributed by atoms with Crippen molar-refractivity contribution >= 4 is 5.78 Å². The van der Waals surface area contributed by atoms with E-state index < -0.39 is 91.7 Å². The van der Waals surface area contributed by atoms with E-state index >= 15 is 0 Å². The van der Waals surface area contributed by atoms with Crippen molar-refractivity contribution in [3.05, 3.63) is 35.5 Å². The summed E-state index contributed by atoms with van der Waals surface area (Å²) in [6, 6.07) is 0. The fourth-order valence-corrected chi connectivity index (χ4v) is 5.69. The van der Waals surface area contributed by atoms with Crippen molar-refractivity contribution in [2.24, 2.45) is 5.41 Å². The molecule has 3 rings (SSSR count). The molecule has 12 atom stereocenters. The lowest BCUT2D eigenvalue weighted by atomic mass is 9.64. The van der Waals surface area contributed by atoms with E-state index in [-0.39, 0.29) is 12.2 Å². The van der Waals surface area contributed by atoms with Crippen LogP contribution in [0.5, 0.6) is 0 Å². The fourth-order valence-electron chi connectivity index (χ4n) is 5.69. The first-order chi connectivity index (χ1) is 20.1. The van der Waals surface area contributed by atoms with Gasteiger partial charge in [0.2, 0.25) is 0 Å². The highest BCUT2D eigenvalue weighted by atomic mass is 16.7. The van der Waals surface area contributed by atoms with Gasteiger partial charge in [0.15, 0.2) is 18.4 Å². The molecule has 8 N–H and O–H groups in total. The predicted molar refractivity (Wildman–Crippen MR) is 151 cm³/mol. The Morgan fingerprint density at radius 2 is 1.60 bits per heavy atom. The highest BCUT2D eigenvalue weighted by Crippen LogP contribution is 2.44. The molecule has 3 aliphatic rings. The maximum absolute atomic E-state index is 12.0. The van der Waals surface area contributed by atoms with Gasteiger partial charge in [-0.25, -0.2) is 0 Å². The number of aliphatic hydroxyl groups excluding tert-OH is 7. The molecule has 2 aliphatic heterocycles. The number of ether oxygens (including phenoxy) is 4. The first-order valence-electron chi connectivity index (χ1n) is 14.6. The first-order valence-corrected chi connectivity index (χ1v) is 14.6. The predicted octanol–water partition coefficient (Wildman–Crippen LogP) is -1.03. The van der Waals surface area contributed by atoms with Crippen LogP contribution in [0.4, 0.5) is 0 Å². The molecule has 246 valence electrons. The molecule has 2 heterocycles. The lowest BCUT2D eigenvalue weighted by Crippen LogP contribution is -2.64. The smallest absolute Gasteiger partial charge is 0.187 e. The summed E-state index contributed by atoms with van der Waals surface area (Å²) < 4.78 is 22.4. The Bertz CT molecular complexity index is 1040. The number of hydrogen-bond acceptors (Lipinski definition) is 13. The summed E-state index contributed by atoms with van der Waals surface area (Å²) in [6.07, 6.45) is -7.28. The molecule has 0 radical (unpaired) electrons. The van der Waals surface area contributed by atoms with Gasteiger partial charge in [-0.2, -0.15) is 0 Å². The molecule has 1 aliphatic carbocycles. The maximum atomic E-state index is 12.0. The van der Waals surface area contributed by atoms with Crippen LogP contribution in [0.2, 0.25) is 0 Å². The summed E-state index contributed by atoms with van der Waals surface area (Å²) in [7, 11) is 0. The zero-order chi connectivity index (χ0) is 32.3. The average molecular weight is 617 g/mol. The van der Waals surface area contributed by atoms with Gasteiger partial charge in [0.05, 0.1) is 19.3 Å². The molecule has 43 heavy (non-hydrogen) atoms. The van der Waals surface area contributed by atoms with Crippen LogP contribution in [0.1, 0.15) is 53.9 Å². The van der Waals surface area contributed by atoms with E-state index in [9.17, 15) is 45.6 Å². The van der Waals surface area contributed by atoms with Gasteiger partial charge in [0.1, 0.15) is 54.4 Å². The summed E-state index contributed by atoms with van der Waals surface area (Å²) >= 11 is 0.